The van der Waals surface area contributed by atoms with Gasteiger partial charge in [-0.05, 0) is 58.9 Å². The number of nitrogens with zero attached hydrogens (tertiary/aromatic N) is 1. The molecule has 0 spiro atoms. The van der Waals surface area contributed by atoms with Gasteiger partial charge in [-0.3, -0.25) is 5.10 Å². The van der Waals surface area contributed by atoms with Gasteiger partial charge in [-0.2, -0.15) is 5.10 Å². The summed E-state index contributed by atoms with van der Waals surface area (Å²) < 4.78 is 24.9. The first-order valence-corrected chi connectivity index (χ1v) is 8.83. The minimum absolute atomic E-state index is 0.220. The summed E-state index contributed by atoms with van der Waals surface area (Å²) in [6, 6.07) is 5.92. The van der Waals surface area contributed by atoms with Crippen LogP contribution in [0.5, 0.6) is 5.75 Å². The third-order valence-corrected chi connectivity index (χ3v) is 3.57. The Morgan fingerprint density at radius 1 is 1.30 bits per heavy atom. The quantitative estimate of drug-likeness (QED) is 0.677. The van der Waals surface area contributed by atoms with Gasteiger partial charge in [0.15, 0.2) is 0 Å². The van der Waals surface area contributed by atoms with Crippen molar-refractivity contribution >= 4 is 11.9 Å². The van der Waals surface area contributed by atoms with E-state index in [-0.39, 0.29) is 24.5 Å². The van der Waals surface area contributed by atoms with Crippen molar-refractivity contribution in [1.82, 2.24) is 15.5 Å². The van der Waals surface area contributed by atoms with Gasteiger partial charge in [0.05, 0.1) is 18.8 Å². The van der Waals surface area contributed by atoms with Crippen molar-refractivity contribution in [2.24, 2.45) is 0 Å². The number of H-pyrrole nitrogens is 1. The lowest BCUT2D eigenvalue weighted by Gasteiger charge is -2.23. The predicted molar refractivity (Wildman–Crippen MR) is 101 cm³/mol. The number of aromatic nitrogens is 2. The molecule has 2 aromatic rings. The number of benzene rings is 1. The third kappa shape index (κ3) is 6.80. The van der Waals surface area contributed by atoms with Crippen molar-refractivity contribution in [2.45, 2.75) is 52.4 Å². The van der Waals surface area contributed by atoms with Gasteiger partial charge in [0.25, 0.3) is 0 Å². The number of amides is 1. The van der Waals surface area contributed by atoms with Crippen LogP contribution >= 0.6 is 0 Å². The summed E-state index contributed by atoms with van der Waals surface area (Å²) in [5.74, 6) is 0.905. The molecule has 27 heavy (non-hydrogen) atoms. The van der Waals surface area contributed by atoms with Crippen LogP contribution in [0.25, 0.3) is 0 Å². The van der Waals surface area contributed by atoms with E-state index < -0.39 is 11.7 Å². The van der Waals surface area contributed by atoms with Crippen molar-refractivity contribution in [3.05, 3.63) is 41.8 Å². The van der Waals surface area contributed by atoms with E-state index >= 15 is 0 Å². The second-order valence-corrected chi connectivity index (χ2v) is 7.33. The van der Waals surface area contributed by atoms with E-state index in [0.29, 0.717) is 11.3 Å². The number of carbonyl (C=O) groups is 1. The molecule has 0 aliphatic rings. The highest BCUT2D eigenvalue weighted by molar-refractivity contribution is 5.67. The molecule has 8 heteroatoms. The third-order valence-electron chi connectivity index (χ3n) is 3.57. The molecule has 2 atom stereocenters. The molecule has 0 radical (unpaired) electrons. The van der Waals surface area contributed by atoms with Gasteiger partial charge < -0.3 is 20.1 Å². The Morgan fingerprint density at radius 3 is 2.67 bits per heavy atom. The summed E-state index contributed by atoms with van der Waals surface area (Å²) in [4.78, 5) is 11.8. The molecule has 0 bridgehead atoms. The van der Waals surface area contributed by atoms with E-state index in [0.717, 1.165) is 5.82 Å². The minimum Gasteiger partial charge on any atom is -0.489 e. The van der Waals surface area contributed by atoms with Crippen LogP contribution in [0, 0.1) is 5.82 Å². The number of ether oxygens (including phenoxy) is 2. The fraction of sp³-hybridized carbons (Fsp3) is 0.474. The zero-order valence-electron chi connectivity index (χ0n) is 16.3. The largest absolute Gasteiger partial charge is 0.489 e. The van der Waals surface area contributed by atoms with Gasteiger partial charge in [0.1, 0.15) is 29.1 Å². The van der Waals surface area contributed by atoms with Crippen LogP contribution in [0.4, 0.5) is 15.0 Å². The van der Waals surface area contributed by atoms with E-state index in [1.165, 1.54) is 12.1 Å². The molecule has 1 heterocycles. The lowest BCUT2D eigenvalue weighted by atomic mass is 10.1. The lowest BCUT2D eigenvalue weighted by Crippen LogP contribution is -2.37. The molecule has 1 aromatic heterocycles. The Bertz CT molecular complexity index is 744. The number of hydrogen-bond acceptors (Lipinski definition) is 5. The monoisotopic (exact) mass is 378 g/mol. The average molecular weight is 378 g/mol. The van der Waals surface area contributed by atoms with Gasteiger partial charge in [-0.25, -0.2) is 9.18 Å². The molecule has 1 amide bonds. The molecule has 0 aliphatic carbocycles. The first-order chi connectivity index (χ1) is 12.6. The highest BCUT2D eigenvalue weighted by atomic mass is 19.1. The molecule has 3 N–H and O–H groups in total. The van der Waals surface area contributed by atoms with E-state index in [4.69, 9.17) is 9.47 Å². The fourth-order valence-electron chi connectivity index (χ4n) is 2.41. The molecular weight excluding hydrogens is 351 g/mol. The van der Waals surface area contributed by atoms with Crippen molar-refractivity contribution in [2.75, 3.05) is 11.9 Å². The maximum atomic E-state index is 13.8. The number of nitrogens with one attached hydrogen (secondary N) is 3. The summed E-state index contributed by atoms with van der Waals surface area (Å²) in [5.41, 5.74) is 0.0974. The van der Waals surface area contributed by atoms with E-state index in [9.17, 15) is 9.18 Å². The van der Waals surface area contributed by atoms with Gasteiger partial charge in [-0.15, -0.1) is 0 Å². The predicted octanol–water partition coefficient (Wildman–Crippen LogP) is 4.01. The summed E-state index contributed by atoms with van der Waals surface area (Å²) >= 11 is 0. The highest BCUT2D eigenvalue weighted by Crippen LogP contribution is 2.29. The smallest absolute Gasteiger partial charge is 0.407 e. The Morgan fingerprint density at radius 2 is 2.04 bits per heavy atom. The number of hydrogen-bond donors (Lipinski definition) is 3. The van der Waals surface area contributed by atoms with E-state index in [1.807, 2.05) is 13.8 Å². The summed E-state index contributed by atoms with van der Waals surface area (Å²) in [6.07, 6.45) is 0.787. The van der Waals surface area contributed by atoms with Crippen LogP contribution in [0.15, 0.2) is 30.5 Å². The average Bonchev–Trinajstić information content (AvgIpc) is 3.06. The van der Waals surface area contributed by atoms with Crippen LogP contribution in [-0.2, 0) is 4.74 Å². The Kier molecular flexibility index (Phi) is 6.65. The number of alkyl carbamates (subject to hydrolysis) is 1. The topological polar surface area (TPSA) is 88.3 Å². The first kappa shape index (κ1) is 20.5. The van der Waals surface area contributed by atoms with Crippen molar-refractivity contribution < 1.29 is 18.7 Å². The molecule has 1 aromatic carbocycles. The first-order valence-electron chi connectivity index (χ1n) is 8.83. The maximum Gasteiger partial charge on any atom is 0.407 e. The zero-order valence-corrected chi connectivity index (χ0v) is 16.3. The van der Waals surface area contributed by atoms with Crippen LogP contribution in [0.1, 0.15) is 46.2 Å². The van der Waals surface area contributed by atoms with Gasteiger partial charge in [-0.1, -0.05) is 0 Å². The molecule has 0 aliphatic heterocycles. The SMILES string of the molecule is C[C@@H](CNC(=O)OC(C)(C)C)Oc1ccc(F)cc1[C@@H](C)Nc1ccn[nH]1. The van der Waals surface area contributed by atoms with Crippen molar-refractivity contribution in [3.8, 4) is 5.75 Å². The fourth-order valence-corrected chi connectivity index (χ4v) is 2.41. The number of aromatic amines is 1. The number of carbonyl (C=O) groups excluding carboxylic acids is 1. The van der Waals surface area contributed by atoms with Crippen molar-refractivity contribution in [3.63, 3.8) is 0 Å². The van der Waals surface area contributed by atoms with Gasteiger partial charge >= 0.3 is 6.09 Å². The molecule has 7 nitrogen and oxygen atoms in total. The zero-order chi connectivity index (χ0) is 20.0. The molecule has 148 valence electrons. The lowest BCUT2D eigenvalue weighted by molar-refractivity contribution is 0.0505. The van der Waals surface area contributed by atoms with Gasteiger partial charge in [0.2, 0.25) is 0 Å². The molecule has 2 rings (SSSR count). The summed E-state index contributed by atoms with van der Waals surface area (Å²) in [5, 5.41) is 12.6. The van der Waals surface area contributed by atoms with E-state index in [2.05, 4.69) is 20.8 Å². The summed E-state index contributed by atoms with van der Waals surface area (Å²) in [7, 11) is 0. The molecular formula is C19H27FN4O3. The minimum atomic E-state index is -0.563. The second-order valence-electron chi connectivity index (χ2n) is 7.33. The maximum absolute atomic E-state index is 13.8. The molecule has 0 saturated heterocycles. The molecule has 0 fully saturated rings. The Hall–Kier alpha value is -2.77. The molecule has 0 saturated carbocycles. The van der Waals surface area contributed by atoms with Crippen molar-refractivity contribution in [1.29, 1.82) is 0 Å². The Balaban J connectivity index is 1.99. The van der Waals surface area contributed by atoms with Crippen LogP contribution in [0.3, 0.4) is 0 Å². The normalized spacial score (nSPS) is 13.6. The standard InChI is InChI=1S/C19H27FN4O3/c1-12(11-21-18(25)27-19(3,4)5)26-16-7-6-14(20)10-15(16)13(2)23-17-8-9-22-24-17/h6-10,12-13H,11H2,1-5H3,(H,21,25)(H2,22,23,24)/t12-,13+/m0/s1. The number of halogens is 1. The van der Waals surface area contributed by atoms with Crippen LogP contribution < -0.4 is 15.4 Å². The van der Waals surface area contributed by atoms with Crippen LogP contribution in [0.2, 0.25) is 0 Å². The number of anilines is 1. The summed E-state index contributed by atoms with van der Waals surface area (Å²) in [6.45, 7) is 9.36. The van der Waals surface area contributed by atoms with Gasteiger partial charge in [0, 0.05) is 5.56 Å². The molecule has 0 unspecified atom stereocenters. The second kappa shape index (κ2) is 8.75. The number of rotatable bonds is 7. The Labute approximate surface area is 158 Å². The van der Waals surface area contributed by atoms with Crippen LogP contribution in [-0.4, -0.2) is 34.5 Å². The van der Waals surface area contributed by atoms with E-state index in [1.54, 1.807) is 39.1 Å². The highest BCUT2D eigenvalue weighted by Gasteiger charge is 2.18.